The molecule has 0 saturated heterocycles. The van der Waals surface area contributed by atoms with Gasteiger partial charge in [-0.2, -0.15) is 0 Å². The third-order valence-corrected chi connectivity index (χ3v) is 5.57. The monoisotopic (exact) mass is 393 g/mol. The molecule has 5 nitrogen and oxygen atoms in total. The first kappa shape index (κ1) is 20.9. The molecule has 1 aromatic heterocycles. The number of imidazole rings is 1. The number of carbonyl (C=O) groups is 1. The van der Waals surface area contributed by atoms with Crippen LogP contribution in [0.5, 0.6) is 5.75 Å². The summed E-state index contributed by atoms with van der Waals surface area (Å²) < 4.78 is 8.12. The van der Waals surface area contributed by atoms with Gasteiger partial charge in [0.25, 0.3) is 0 Å². The van der Waals surface area contributed by atoms with Crippen LogP contribution in [0.2, 0.25) is 0 Å². The minimum absolute atomic E-state index is 0.0564. The number of nitrogens with zero attached hydrogens (tertiary/aromatic N) is 2. The molecule has 0 bridgehead atoms. The molecule has 1 heterocycles. The second-order valence-electron chi connectivity index (χ2n) is 7.49. The molecule has 0 spiro atoms. The van der Waals surface area contributed by atoms with Gasteiger partial charge in [-0.3, -0.25) is 4.79 Å². The van der Waals surface area contributed by atoms with Gasteiger partial charge in [0.05, 0.1) is 24.1 Å². The van der Waals surface area contributed by atoms with Crippen LogP contribution < -0.4 is 10.1 Å². The molecular weight excluding hydrogens is 362 g/mol. The Balaban J connectivity index is 1.72. The summed E-state index contributed by atoms with van der Waals surface area (Å²) in [5.74, 6) is 1.89. The highest BCUT2D eigenvalue weighted by molar-refractivity contribution is 5.79. The average Bonchev–Trinajstić information content (AvgIpc) is 3.07. The van der Waals surface area contributed by atoms with Crippen molar-refractivity contribution in [2.45, 2.75) is 53.6 Å². The normalized spacial score (nSPS) is 11.2. The van der Waals surface area contributed by atoms with E-state index in [0.29, 0.717) is 19.7 Å². The third kappa shape index (κ3) is 4.97. The molecule has 2 aromatic carbocycles. The molecule has 0 unspecified atom stereocenters. The predicted molar refractivity (Wildman–Crippen MR) is 117 cm³/mol. The molecule has 0 radical (unpaired) electrons. The molecule has 0 aliphatic heterocycles. The fourth-order valence-electron chi connectivity index (χ4n) is 3.54. The lowest BCUT2D eigenvalue weighted by molar-refractivity contribution is -0.125. The van der Waals surface area contributed by atoms with E-state index in [0.717, 1.165) is 35.4 Å². The Morgan fingerprint density at radius 3 is 2.59 bits per heavy atom. The van der Waals surface area contributed by atoms with E-state index < -0.39 is 0 Å². The van der Waals surface area contributed by atoms with Gasteiger partial charge in [0.1, 0.15) is 18.2 Å². The van der Waals surface area contributed by atoms with Gasteiger partial charge >= 0.3 is 0 Å². The van der Waals surface area contributed by atoms with Gasteiger partial charge in [-0.15, -0.1) is 0 Å². The van der Waals surface area contributed by atoms with Gasteiger partial charge in [-0.1, -0.05) is 32.0 Å². The smallest absolute Gasteiger partial charge is 0.223 e. The fourth-order valence-corrected chi connectivity index (χ4v) is 3.54. The summed E-state index contributed by atoms with van der Waals surface area (Å²) in [7, 11) is 0. The molecule has 0 saturated carbocycles. The van der Waals surface area contributed by atoms with Crippen LogP contribution in [0.15, 0.2) is 42.5 Å². The van der Waals surface area contributed by atoms with E-state index in [4.69, 9.17) is 9.72 Å². The molecule has 0 fully saturated rings. The minimum Gasteiger partial charge on any atom is -0.492 e. The van der Waals surface area contributed by atoms with E-state index in [1.54, 1.807) is 0 Å². The van der Waals surface area contributed by atoms with Crippen LogP contribution in [0.25, 0.3) is 11.0 Å². The zero-order valence-corrected chi connectivity index (χ0v) is 17.9. The van der Waals surface area contributed by atoms with Crippen molar-refractivity contribution in [1.29, 1.82) is 0 Å². The number of amides is 1. The van der Waals surface area contributed by atoms with Gasteiger partial charge < -0.3 is 14.6 Å². The number of carbonyl (C=O) groups excluding carboxylic acids is 1. The molecular formula is C24H31N3O2. The number of nitrogens with one attached hydrogen (secondary N) is 1. The van der Waals surface area contributed by atoms with Crippen molar-refractivity contribution in [3.05, 3.63) is 59.4 Å². The Bertz CT molecular complexity index is 973. The topological polar surface area (TPSA) is 56.2 Å². The van der Waals surface area contributed by atoms with E-state index in [2.05, 4.69) is 41.9 Å². The van der Waals surface area contributed by atoms with Gasteiger partial charge in [-0.25, -0.2) is 4.98 Å². The number of ether oxygens (including phenoxy) is 1. The standard InChI is InChI=1S/C24H31N3O2/c1-5-19(6-2)24(28)25-16-23-26-21-9-7-8-10-22(21)27(23)13-14-29-20-12-11-17(3)18(4)15-20/h7-12,15,19H,5-6,13-14,16H2,1-4H3,(H,25,28). The van der Waals surface area contributed by atoms with Crippen molar-refractivity contribution in [3.8, 4) is 5.75 Å². The minimum atomic E-state index is 0.0564. The number of aromatic nitrogens is 2. The van der Waals surface area contributed by atoms with Crippen molar-refractivity contribution < 1.29 is 9.53 Å². The fraction of sp³-hybridized carbons (Fsp3) is 0.417. The maximum Gasteiger partial charge on any atom is 0.223 e. The van der Waals surface area contributed by atoms with Crippen LogP contribution >= 0.6 is 0 Å². The highest BCUT2D eigenvalue weighted by Crippen LogP contribution is 2.19. The summed E-state index contributed by atoms with van der Waals surface area (Å²) in [6.45, 7) is 9.92. The van der Waals surface area contributed by atoms with Crippen molar-refractivity contribution >= 4 is 16.9 Å². The number of fused-ring (bicyclic) bond motifs is 1. The molecule has 0 aliphatic carbocycles. The second kappa shape index (κ2) is 9.59. The highest BCUT2D eigenvalue weighted by Gasteiger charge is 2.16. The molecule has 1 amide bonds. The van der Waals surface area contributed by atoms with E-state index >= 15 is 0 Å². The van der Waals surface area contributed by atoms with Crippen LogP contribution in [0.3, 0.4) is 0 Å². The molecule has 29 heavy (non-hydrogen) atoms. The zero-order chi connectivity index (χ0) is 20.8. The molecule has 0 atom stereocenters. The van der Waals surface area contributed by atoms with E-state index in [1.165, 1.54) is 11.1 Å². The van der Waals surface area contributed by atoms with Gasteiger partial charge in [-0.05, 0) is 62.1 Å². The van der Waals surface area contributed by atoms with Crippen molar-refractivity contribution in [1.82, 2.24) is 14.9 Å². The Morgan fingerprint density at radius 2 is 1.86 bits per heavy atom. The van der Waals surface area contributed by atoms with Crippen LogP contribution in [-0.4, -0.2) is 22.1 Å². The van der Waals surface area contributed by atoms with Crippen molar-refractivity contribution in [3.63, 3.8) is 0 Å². The van der Waals surface area contributed by atoms with E-state index in [1.807, 2.05) is 38.1 Å². The average molecular weight is 394 g/mol. The molecule has 1 N–H and O–H groups in total. The van der Waals surface area contributed by atoms with Crippen LogP contribution in [0, 0.1) is 19.8 Å². The van der Waals surface area contributed by atoms with Crippen molar-refractivity contribution in [2.75, 3.05) is 6.61 Å². The van der Waals surface area contributed by atoms with Crippen LogP contribution in [0.4, 0.5) is 0 Å². The van der Waals surface area contributed by atoms with E-state index in [-0.39, 0.29) is 11.8 Å². The summed E-state index contributed by atoms with van der Waals surface area (Å²) >= 11 is 0. The maximum atomic E-state index is 12.4. The lowest BCUT2D eigenvalue weighted by Crippen LogP contribution is -2.31. The first-order valence-corrected chi connectivity index (χ1v) is 10.4. The number of rotatable bonds is 9. The SMILES string of the molecule is CCC(CC)C(=O)NCc1nc2ccccc2n1CCOc1ccc(C)c(C)c1. The number of hydrogen-bond acceptors (Lipinski definition) is 3. The van der Waals surface area contributed by atoms with E-state index in [9.17, 15) is 4.79 Å². The molecule has 154 valence electrons. The first-order valence-electron chi connectivity index (χ1n) is 10.4. The summed E-state index contributed by atoms with van der Waals surface area (Å²) in [5, 5.41) is 3.06. The van der Waals surface area contributed by atoms with Crippen molar-refractivity contribution in [2.24, 2.45) is 5.92 Å². The quantitative estimate of drug-likeness (QED) is 0.569. The van der Waals surface area contributed by atoms with Gasteiger partial charge in [0.2, 0.25) is 5.91 Å². The van der Waals surface area contributed by atoms with Gasteiger partial charge in [0, 0.05) is 5.92 Å². The Labute approximate surface area is 173 Å². The molecule has 3 rings (SSSR count). The van der Waals surface area contributed by atoms with Crippen LogP contribution in [-0.2, 0) is 17.9 Å². The Hall–Kier alpha value is -2.82. The summed E-state index contributed by atoms with van der Waals surface area (Å²) in [4.78, 5) is 17.1. The first-order chi connectivity index (χ1) is 14.0. The third-order valence-electron chi connectivity index (χ3n) is 5.57. The largest absolute Gasteiger partial charge is 0.492 e. The maximum absolute atomic E-state index is 12.4. The zero-order valence-electron chi connectivity index (χ0n) is 17.9. The molecule has 0 aliphatic rings. The predicted octanol–water partition coefficient (Wildman–Crippen LogP) is 4.78. The van der Waals surface area contributed by atoms with Crippen LogP contribution in [0.1, 0.15) is 43.6 Å². The summed E-state index contributed by atoms with van der Waals surface area (Å²) in [6.07, 6.45) is 1.70. The Kier molecular flexibility index (Phi) is 6.91. The number of benzene rings is 2. The Morgan fingerprint density at radius 1 is 1.10 bits per heavy atom. The lowest BCUT2D eigenvalue weighted by Gasteiger charge is -2.14. The number of aryl methyl sites for hydroxylation is 2. The lowest BCUT2D eigenvalue weighted by atomic mass is 10.0. The highest BCUT2D eigenvalue weighted by atomic mass is 16.5. The molecule has 3 aromatic rings. The second-order valence-corrected chi connectivity index (χ2v) is 7.49. The number of para-hydroxylation sites is 2. The number of hydrogen-bond donors (Lipinski definition) is 1. The summed E-state index contributed by atoms with van der Waals surface area (Å²) in [6, 6.07) is 14.2. The van der Waals surface area contributed by atoms with Gasteiger partial charge in [0.15, 0.2) is 0 Å². The summed E-state index contributed by atoms with van der Waals surface area (Å²) in [5.41, 5.74) is 4.47. The molecule has 5 heteroatoms.